The molecule has 3 aromatic rings. The zero-order chi connectivity index (χ0) is 44.9. The quantitative estimate of drug-likeness (QED) is 0.0762. The van der Waals surface area contributed by atoms with Crippen molar-refractivity contribution >= 4 is 41.0 Å². The van der Waals surface area contributed by atoms with Crippen LogP contribution in [0.3, 0.4) is 0 Å². The maximum atomic E-state index is 12.6. The van der Waals surface area contributed by atoms with Gasteiger partial charge in [0.1, 0.15) is 24.4 Å². The molecule has 0 aromatic heterocycles. The third-order valence-corrected chi connectivity index (χ3v) is 14.0. The van der Waals surface area contributed by atoms with E-state index in [4.69, 9.17) is 37.5 Å². The van der Waals surface area contributed by atoms with Gasteiger partial charge < -0.3 is 37.5 Å². The smallest absolute Gasteiger partial charge is 0.333 e. The normalized spacial score (nSPS) is 22.8. The van der Waals surface area contributed by atoms with E-state index in [0.717, 1.165) is 26.5 Å². The van der Waals surface area contributed by atoms with Gasteiger partial charge >= 0.3 is 24.1 Å². The van der Waals surface area contributed by atoms with Crippen LogP contribution in [0.15, 0.2) is 91.0 Å². The van der Waals surface area contributed by atoms with Crippen molar-refractivity contribution in [2.45, 2.75) is 63.4 Å². The van der Waals surface area contributed by atoms with Gasteiger partial charge in [0.05, 0.1) is 39.6 Å². The summed E-state index contributed by atoms with van der Waals surface area (Å²) in [5.74, 6) is 0. The zero-order valence-corrected chi connectivity index (χ0v) is 38.4. The molecule has 342 valence electrons. The van der Waals surface area contributed by atoms with E-state index < -0.39 is 71.7 Å². The van der Waals surface area contributed by atoms with E-state index in [9.17, 15) is 19.2 Å². The summed E-state index contributed by atoms with van der Waals surface area (Å²) in [5.41, 5.74) is 2.86. The number of benzene rings is 3. The Morgan fingerprint density at radius 1 is 0.476 bits per heavy atom. The van der Waals surface area contributed by atoms with Crippen LogP contribution in [0.5, 0.6) is 0 Å². The van der Waals surface area contributed by atoms with Crippen LogP contribution in [0.25, 0.3) is 0 Å². The van der Waals surface area contributed by atoms with E-state index in [-0.39, 0.29) is 52.9 Å². The Balaban J connectivity index is 1.19. The molecule has 20 heteroatoms. The molecular weight excluding hydrogens is 854 g/mol. The van der Waals surface area contributed by atoms with E-state index in [0.29, 0.717) is 12.8 Å². The van der Waals surface area contributed by atoms with Gasteiger partial charge in [0, 0.05) is 55.5 Å². The van der Waals surface area contributed by atoms with Crippen LogP contribution >= 0.6 is 16.9 Å². The van der Waals surface area contributed by atoms with Gasteiger partial charge in [-0.05, 0) is 29.5 Å². The minimum Gasteiger partial charge on any atom is -0.379 e. The molecule has 0 aliphatic carbocycles. The summed E-state index contributed by atoms with van der Waals surface area (Å²) in [7, 11) is 6.01. The van der Waals surface area contributed by atoms with Gasteiger partial charge in [0.2, 0.25) is 0 Å². The third kappa shape index (κ3) is 12.5. The monoisotopic (exact) mass is 912 g/mol. The molecule has 3 aliphatic heterocycles. The van der Waals surface area contributed by atoms with Gasteiger partial charge in [-0.15, -0.1) is 0 Å². The fourth-order valence-electron chi connectivity index (χ4n) is 7.00. The predicted octanol–water partition coefficient (Wildman–Crippen LogP) is 6.87. The predicted molar refractivity (Wildman–Crippen MR) is 234 cm³/mol. The first-order chi connectivity index (χ1) is 30.5. The standard InChI is InChI=1S/C43H58N6O12P2/c1-44-40(50)46(3)62(47(4)41(44)51)59-26-16-24-54-31-35-36(55-25-17-27-60-63-48(5)42(52)45(2)43(53)49(63)6)37(56-28-32-18-10-7-11-19-32)38(57-29-33-20-12-8-13-21-33)39(61-35)58-30-34-22-14-9-15-23-34/h7-15,18-23,35-39H,16-17,24-31H2,1-6H3/t35-,36-,37+,38-,39+/m1/s1. The molecule has 3 fully saturated rings. The first kappa shape index (κ1) is 48.1. The van der Waals surface area contributed by atoms with Crippen LogP contribution < -0.4 is 0 Å². The second-order valence-corrected chi connectivity index (χ2v) is 18.9. The highest BCUT2D eigenvalue weighted by atomic mass is 31.2. The number of nitrogens with zero attached hydrogens (tertiary/aromatic N) is 6. The fourth-order valence-corrected chi connectivity index (χ4v) is 10.2. The molecule has 6 rings (SSSR count). The van der Waals surface area contributed by atoms with Crippen LogP contribution in [0.1, 0.15) is 29.5 Å². The lowest BCUT2D eigenvalue weighted by Gasteiger charge is -2.46. The van der Waals surface area contributed by atoms with Gasteiger partial charge in [-0.3, -0.25) is 18.7 Å². The van der Waals surface area contributed by atoms with Crippen LogP contribution in [0.2, 0.25) is 0 Å². The Labute approximate surface area is 371 Å². The second kappa shape index (κ2) is 23.6. The highest BCUT2D eigenvalue weighted by Crippen LogP contribution is 2.48. The average molecular weight is 913 g/mol. The first-order valence-electron chi connectivity index (χ1n) is 20.7. The van der Waals surface area contributed by atoms with E-state index in [1.54, 1.807) is 28.2 Å². The average Bonchev–Trinajstić information content (AvgIpc) is 3.31. The number of amides is 8. The van der Waals surface area contributed by atoms with Crippen molar-refractivity contribution in [1.29, 1.82) is 0 Å². The third-order valence-electron chi connectivity index (χ3n) is 10.4. The van der Waals surface area contributed by atoms with Crippen molar-refractivity contribution in [3.8, 4) is 0 Å². The molecule has 0 bridgehead atoms. The number of rotatable bonds is 22. The van der Waals surface area contributed by atoms with Crippen molar-refractivity contribution in [1.82, 2.24) is 28.5 Å². The van der Waals surface area contributed by atoms with E-state index in [1.165, 1.54) is 32.8 Å². The molecule has 18 nitrogen and oxygen atoms in total. The van der Waals surface area contributed by atoms with Crippen LogP contribution in [0.4, 0.5) is 19.2 Å². The first-order valence-corrected chi connectivity index (χ1v) is 23.0. The highest BCUT2D eigenvalue weighted by molar-refractivity contribution is 7.49. The summed E-state index contributed by atoms with van der Waals surface area (Å²) in [6.45, 7) is 1.76. The second-order valence-electron chi connectivity index (χ2n) is 15.0. The molecule has 5 atom stereocenters. The number of hydrogen-bond donors (Lipinski definition) is 0. The number of hydrogen-bond acceptors (Lipinski definition) is 12. The lowest BCUT2D eigenvalue weighted by molar-refractivity contribution is -0.329. The lowest BCUT2D eigenvalue weighted by Crippen LogP contribution is -2.62. The number of ether oxygens (including phenoxy) is 6. The van der Waals surface area contributed by atoms with Crippen molar-refractivity contribution in [2.75, 3.05) is 75.3 Å². The molecule has 8 amide bonds. The van der Waals surface area contributed by atoms with E-state index in [2.05, 4.69) is 0 Å². The maximum absolute atomic E-state index is 12.6. The SMILES string of the molecule is CN1C(=O)N(C)P(OCCCOC[C@H]2O[C@H](OCc3ccccc3)[C@H](OCc3ccccc3)[C@@H](OCc3ccccc3)[C@@H]2OCCCOP2N(C)C(=O)N(C)C(=O)N2C)N(C)C1=O. The van der Waals surface area contributed by atoms with Crippen molar-refractivity contribution in [2.24, 2.45) is 0 Å². The Morgan fingerprint density at radius 2 is 0.873 bits per heavy atom. The number of imide groups is 2. The largest absolute Gasteiger partial charge is 0.379 e. The van der Waals surface area contributed by atoms with Gasteiger partial charge in [0.25, 0.3) is 16.9 Å². The summed E-state index contributed by atoms with van der Waals surface area (Å²) in [6.07, 6.45) is -2.87. The minimum atomic E-state index is -1.66. The van der Waals surface area contributed by atoms with Gasteiger partial charge in [-0.2, -0.15) is 0 Å². The van der Waals surface area contributed by atoms with E-state index >= 15 is 0 Å². The molecule has 3 aliphatic rings. The van der Waals surface area contributed by atoms with Crippen molar-refractivity contribution in [3.05, 3.63) is 108 Å². The van der Waals surface area contributed by atoms with Gasteiger partial charge in [0.15, 0.2) is 6.29 Å². The number of carbonyl (C=O) groups excluding carboxylic acids is 4. The molecule has 0 saturated carbocycles. The fraction of sp³-hybridized carbons (Fsp3) is 0.488. The Kier molecular flexibility index (Phi) is 18.0. The number of urea groups is 4. The van der Waals surface area contributed by atoms with Gasteiger partial charge in [-0.25, -0.2) is 29.0 Å². The van der Waals surface area contributed by atoms with Gasteiger partial charge in [-0.1, -0.05) is 91.0 Å². The molecule has 3 aromatic carbocycles. The molecular formula is C43H58N6O12P2. The molecule has 3 saturated heterocycles. The summed E-state index contributed by atoms with van der Waals surface area (Å²) in [4.78, 5) is 52.5. The number of carbonyl (C=O) groups is 4. The summed E-state index contributed by atoms with van der Waals surface area (Å²) < 4.78 is 57.5. The van der Waals surface area contributed by atoms with Crippen LogP contribution in [-0.2, 0) is 57.3 Å². The molecule has 0 spiro atoms. The minimum absolute atomic E-state index is 0.0952. The van der Waals surface area contributed by atoms with Crippen LogP contribution in [0, 0.1) is 0 Å². The van der Waals surface area contributed by atoms with Crippen molar-refractivity contribution in [3.63, 3.8) is 0 Å². The van der Waals surface area contributed by atoms with E-state index in [1.807, 2.05) is 91.0 Å². The summed E-state index contributed by atoms with van der Waals surface area (Å²) in [6, 6.07) is 27.7. The molecule has 0 radical (unpaired) electrons. The summed E-state index contributed by atoms with van der Waals surface area (Å²) >= 11 is 0. The zero-order valence-electron chi connectivity index (χ0n) is 36.6. The lowest BCUT2D eigenvalue weighted by atomic mass is 9.97. The summed E-state index contributed by atoms with van der Waals surface area (Å²) in [5, 5.41) is 0. The molecule has 0 unspecified atom stereocenters. The molecule has 0 N–H and O–H groups in total. The Morgan fingerprint density at radius 3 is 1.32 bits per heavy atom. The molecule has 63 heavy (non-hydrogen) atoms. The Hall–Kier alpha value is -4.32. The van der Waals surface area contributed by atoms with Crippen molar-refractivity contribution < 1.29 is 56.6 Å². The topological polar surface area (TPSA) is 162 Å². The van der Waals surface area contributed by atoms with Crippen LogP contribution in [-0.4, -0.2) is 159 Å². The highest BCUT2D eigenvalue weighted by Gasteiger charge is 2.49. The molecule has 3 heterocycles. The Bertz CT molecular complexity index is 1890. The maximum Gasteiger partial charge on any atom is 0.333 e.